The molecule has 0 unspecified atom stereocenters. The van der Waals surface area contributed by atoms with E-state index in [2.05, 4.69) is 5.32 Å². The van der Waals surface area contributed by atoms with E-state index in [0.717, 1.165) is 19.4 Å². The fraction of sp³-hybridized carbons (Fsp3) is 0.846. The predicted molar refractivity (Wildman–Crippen MR) is 70.8 cm³/mol. The molecule has 2 atom stereocenters. The van der Waals surface area contributed by atoms with Gasteiger partial charge in [0, 0.05) is 24.5 Å². The number of hydrogen-bond donors (Lipinski definition) is 2. The second-order valence-corrected chi connectivity index (χ2v) is 6.01. The van der Waals surface area contributed by atoms with Crippen LogP contribution in [0.15, 0.2) is 0 Å². The fourth-order valence-electron chi connectivity index (χ4n) is 2.09. The molecule has 0 aromatic rings. The van der Waals surface area contributed by atoms with Crippen molar-refractivity contribution in [3.05, 3.63) is 0 Å². The third-order valence-corrected chi connectivity index (χ3v) is 3.33. The third-order valence-electron chi connectivity index (χ3n) is 3.33. The van der Waals surface area contributed by atoms with E-state index in [1.165, 1.54) is 0 Å². The van der Waals surface area contributed by atoms with Gasteiger partial charge in [-0.05, 0) is 19.8 Å². The van der Waals surface area contributed by atoms with Crippen molar-refractivity contribution in [1.29, 1.82) is 0 Å². The first kappa shape index (κ1) is 15.0. The number of nitrogens with one attached hydrogen (secondary N) is 1. The molecule has 1 heterocycles. The molecule has 0 spiro atoms. The van der Waals surface area contributed by atoms with Crippen LogP contribution < -0.4 is 11.1 Å². The van der Waals surface area contributed by atoms with Crippen LogP contribution in [0.2, 0.25) is 0 Å². The van der Waals surface area contributed by atoms with E-state index in [1.54, 1.807) is 11.8 Å². The highest BCUT2D eigenvalue weighted by Crippen LogP contribution is 2.18. The van der Waals surface area contributed by atoms with Gasteiger partial charge in [0.2, 0.25) is 11.8 Å². The van der Waals surface area contributed by atoms with Crippen LogP contribution in [0.1, 0.15) is 40.5 Å². The van der Waals surface area contributed by atoms with Crippen molar-refractivity contribution >= 4 is 11.8 Å². The molecule has 104 valence electrons. The smallest absolute Gasteiger partial charge is 0.245 e. The maximum atomic E-state index is 12.2. The summed E-state index contributed by atoms with van der Waals surface area (Å²) in [6.45, 7) is 8.47. The van der Waals surface area contributed by atoms with Crippen LogP contribution in [0.5, 0.6) is 0 Å². The molecular weight excluding hydrogens is 230 g/mol. The first-order valence-electron chi connectivity index (χ1n) is 6.59. The Morgan fingerprint density at radius 3 is 2.56 bits per heavy atom. The summed E-state index contributed by atoms with van der Waals surface area (Å²) in [6, 6.07) is -0.352. The van der Waals surface area contributed by atoms with Gasteiger partial charge in [-0.2, -0.15) is 0 Å². The van der Waals surface area contributed by atoms with Crippen molar-refractivity contribution in [2.24, 2.45) is 11.1 Å². The lowest BCUT2D eigenvalue weighted by atomic mass is 9.95. The van der Waals surface area contributed by atoms with Crippen LogP contribution in [0.3, 0.4) is 0 Å². The average molecular weight is 255 g/mol. The normalized spacial score (nSPS) is 21.8. The number of likely N-dealkylation sites (tertiary alicyclic amines) is 1. The molecule has 1 rings (SSSR count). The molecule has 1 aliphatic rings. The van der Waals surface area contributed by atoms with Crippen molar-refractivity contribution in [3.8, 4) is 0 Å². The Bertz CT molecular complexity index is 323. The molecule has 0 radical (unpaired) electrons. The van der Waals surface area contributed by atoms with Crippen molar-refractivity contribution in [2.45, 2.75) is 52.6 Å². The van der Waals surface area contributed by atoms with Crippen LogP contribution in [0.4, 0.5) is 0 Å². The van der Waals surface area contributed by atoms with E-state index >= 15 is 0 Å². The lowest BCUT2D eigenvalue weighted by Gasteiger charge is -2.28. The van der Waals surface area contributed by atoms with Crippen LogP contribution in [0.25, 0.3) is 0 Å². The second kappa shape index (κ2) is 5.69. The SMILES string of the molecule is C[C@H](NC(=O)C(C)(C)C)C(=O)N1CCC[C@H]1CN. The van der Waals surface area contributed by atoms with Gasteiger partial charge >= 0.3 is 0 Å². The summed E-state index contributed by atoms with van der Waals surface area (Å²) < 4.78 is 0. The average Bonchev–Trinajstić information content (AvgIpc) is 2.74. The first-order valence-corrected chi connectivity index (χ1v) is 6.59. The Balaban J connectivity index is 2.59. The molecule has 0 saturated carbocycles. The molecule has 0 aliphatic carbocycles. The quantitative estimate of drug-likeness (QED) is 0.770. The summed E-state index contributed by atoms with van der Waals surface area (Å²) in [5.74, 6) is -0.132. The number of carbonyl (C=O) groups is 2. The fourth-order valence-corrected chi connectivity index (χ4v) is 2.09. The molecular formula is C13H25N3O2. The number of carbonyl (C=O) groups excluding carboxylic acids is 2. The summed E-state index contributed by atoms with van der Waals surface area (Å²) in [5, 5.41) is 2.77. The monoisotopic (exact) mass is 255 g/mol. The summed E-state index contributed by atoms with van der Waals surface area (Å²) in [5.41, 5.74) is 5.17. The number of hydrogen-bond acceptors (Lipinski definition) is 3. The summed E-state index contributed by atoms with van der Waals surface area (Å²) in [4.78, 5) is 25.9. The van der Waals surface area contributed by atoms with E-state index < -0.39 is 11.5 Å². The Morgan fingerprint density at radius 1 is 1.44 bits per heavy atom. The minimum Gasteiger partial charge on any atom is -0.344 e. The molecule has 3 N–H and O–H groups in total. The lowest BCUT2D eigenvalue weighted by molar-refractivity contribution is -0.138. The van der Waals surface area contributed by atoms with Crippen molar-refractivity contribution in [1.82, 2.24) is 10.2 Å². The van der Waals surface area contributed by atoms with E-state index in [1.807, 2.05) is 20.8 Å². The summed E-state index contributed by atoms with van der Waals surface area (Å²) >= 11 is 0. The molecule has 0 aromatic heterocycles. The van der Waals surface area contributed by atoms with Crippen LogP contribution in [0, 0.1) is 5.41 Å². The molecule has 0 aromatic carbocycles. The van der Waals surface area contributed by atoms with Gasteiger partial charge in [-0.3, -0.25) is 9.59 Å². The van der Waals surface area contributed by atoms with Gasteiger partial charge in [0.15, 0.2) is 0 Å². The Morgan fingerprint density at radius 2 is 2.06 bits per heavy atom. The van der Waals surface area contributed by atoms with E-state index in [0.29, 0.717) is 6.54 Å². The van der Waals surface area contributed by atoms with E-state index in [9.17, 15) is 9.59 Å². The van der Waals surface area contributed by atoms with Gasteiger partial charge in [-0.25, -0.2) is 0 Å². The van der Waals surface area contributed by atoms with Gasteiger partial charge < -0.3 is 16.0 Å². The minimum atomic E-state index is -0.483. The van der Waals surface area contributed by atoms with Gasteiger partial charge in [-0.1, -0.05) is 20.8 Å². The van der Waals surface area contributed by atoms with Gasteiger partial charge in [0.1, 0.15) is 6.04 Å². The van der Waals surface area contributed by atoms with Crippen molar-refractivity contribution in [3.63, 3.8) is 0 Å². The van der Waals surface area contributed by atoms with Crippen LogP contribution in [-0.2, 0) is 9.59 Å². The third kappa shape index (κ3) is 3.45. The highest BCUT2D eigenvalue weighted by Gasteiger charge is 2.32. The molecule has 18 heavy (non-hydrogen) atoms. The Labute approximate surface area is 109 Å². The van der Waals surface area contributed by atoms with E-state index in [-0.39, 0.29) is 17.9 Å². The van der Waals surface area contributed by atoms with Gasteiger partial charge in [0.05, 0.1) is 0 Å². The first-order chi connectivity index (χ1) is 8.27. The van der Waals surface area contributed by atoms with Crippen molar-refractivity contribution < 1.29 is 9.59 Å². The highest BCUT2D eigenvalue weighted by molar-refractivity contribution is 5.89. The lowest BCUT2D eigenvalue weighted by Crippen LogP contribution is -2.52. The van der Waals surface area contributed by atoms with Crippen LogP contribution in [-0.4, -0.2) is 41.9 Å². The zero-order valence-electron chi connectivity index (χ0n) is 11.8. The Hall–Kier alpha value is -1.10. The summed E-state index contributed by atoms with van der Waals surface area (Å²) in [6.07, 6.45) is 1.95. The number of nitrogens with zero attached hydrogens (tertiary/aromatic N) is 1. The zero-order chi connectivity index (χ0) is 13.9. The zero-order valence-corrected chi connectivity index (χ0v) is 11.8. The Kier molecular flexibility index (Phi) is 4.73. The van der Waals surface area contributed by atoms with Crippen LogP contribution >= 0.6 is 0 Å². The maximum absolute atomic E-state index is 12.2. The van der Waals surface area contributed by atoms with Gasteiger partial charge in [-0.15, -0.1) is 0 Å². The predicted octanol–water partition coefficient (Wildman–Crippen LogP) is 0.487. The molecule has 2 amide bonds. The molecule has 1 fully saturated rings. The number of nitrogens with two attached hydrogens (primary N) is 1. The van der Waals surface area contributed by atoms with Crippen molar-refractivity contribution in [2.75, 3.05) is 13.1 Å². The molecule has 0 bridgehead atoms. The molecule has 1 aliphatic heterocycles. The number of amides is 2. The van der Waals surface area contributed by atoms with E-state index in [4.69, 9.17) is 5.73 Å². The largest absolute Gasteiger partial charge is 0.344 e. The van der Waals surface area contributed by atoms with Gasteiger partial charge in [0.25, 0.3) is 0 Å². The minimum absolute atomic E-state index is 0.0273. The second-order valence-electron chi connectivity index (χ2n) is 6.01. The summed E-state index contributed by atoms with van der Waals surface area (Å²) in [7, 11) is 0. The standard InChI is InChI=1S/C13H25N3O2/c1-9(15-12(18)13(2,3)4)11(17)16-7-5-6-10(16)8-14/h9-10H,5-8,14H2,1-4H3,(H,15,18)/t9-,10-/m0/s1. The molecule has 5 heteroatoms. The molecule has 1 saturated heterocycles. The topological polar surface area (TPSA) is 75.4 Å². The highest BCUT2D eigenvalue weighted by atomic mass is 16.2. The maximum Gasteiger partial charge on any atom is 0.245 e. The molecule has 5 nitrogen and oxygen atoms in total. The number of rotatable bonds is 3.